The first kappa shape index (κ1) is 25.8. The standard InChI is InChI=1S/C23H32N6O4S2/c1-4-6-18-20-21(27(3)26-18)23(34)25-22(24-20)17-15-16(7-8-19(17)33-5-2)35(31,32)29-11-9-28(10-12-29)13-14-30/h7-8,15,21,30H,4-6,9-14H2,1-3H3. The molecule has 10 nitrogen and oxygen atoms in total. The van der Waals surface area contributed by atoms with E-state index in [1.807, 2.05) is 18.9 Å². The van der Waals surface area contributed by atoms with Crippen molar-refractivity contribution in [1.29, 1.82) is 0 Å². The molecule has 0 aromatic heterocycles. The van der Waals surface area contributed by atoms with Crippen molar-refractivity contribution in [2.75, 3.05) is 53.0 Å². The molecule has 0 bridgehead atoms. The fraction of sp³-hybridized carbons (Fsp3) is 0.565. The van der Waals surface area contributed by atoms with Crippen LogP contribution in [0.1, 0.15) is 32.3 Å². The zero-order valence-electron chi connectivity index (χ0n) is 20.3. The van der Waals surface area contributed by atoms with E-state index in [1.165, 1.54) is 4.31 Å². The lowest BCUT2D eigenvalue weighted by molar-refractivity contribution is 0.151. The van der Waals surface area contributed by atoms with Crippen LogP contribution in [0.5, 0.6) is 5.75 Å². The predicted molar refractivity (Wildman–Crippen MR) is 140 cm³/mol. The third-order valence-corrected chi connectivity index (χ3v) is 8.46. The van der Waals surface area contributed by atoms with E-state index in [-0.39, 0.29) is 17.5 Å². The molecule has 1 saturated heterocycles. The third kappa shape index (κ3) is 5.17. The monoisotopic (exact) mass is 520 g/mol. The zero-order valence-corrected chi connectivity index (χ0v) is 22.0. The van der Waals surface area contributed by atoms with Crippen LogP contribution in [0.4, 0.5) is 0 Å². The Balaban J connectivity index is 1.69. The molecule has 3 aliphatic rings. The fourth-order valence-electron chi connectivity index (χ4n) is 4.49. The summed E-state index contributed by atoms with van der Waals surface area (Å²) in [6.07, 6.45) is 1.69. The molecule has 35 heavy (non-hydrogen) atoms. The van der Waals surface area contributed by atoms with Crippen molar-refractivity contribution in [2.24, 2.45) is 15.1 Å². The largest absolute Gasteiger partial charge is 0.493 e. The van der Waals surface area contributed by atoms with Crippen molar-refractivity contribution in [3.8, 4) is 5.75 Å². The Morgan fingerprint density at radius 3 is 2.57 bits per heavy atom. The molecule has 0 radical (unpaired) electrons. The number of amidine groups is 1. The maximum absolute atomic E-state index is 13.5. The number of likely N-dealkylation sites (N-methyl/N-ethyl adjacent to an activating group) is 1. The van der Waals surface area contributed by atoms with Gasteiger partial charge in [0.15, 0.2) is 5.84 Å². The number of aliphatic hydroxyl groups excluding tert-OH is 1. The number of sulfonamides is 1. The number of ether oxygens (including phenoxy) is 1. The fourth-order valence-corrected chi connectivity index (χ4v) is 6.29. The van der Waals surface area contributed by atoms with E-state index in [1.54, 1.807) is 23.2 Å². The van der Waals surface area contributed by atoms with Gasteiger partial charge in [-0.15, -0.1) is 0 Å². The first-order valence-electron chi connectivity index (χ1n) is 11.9. The van der Waals surface area contributed by atoms with E-state index in [4.69, 9.17) is 27.1 Å². The molecular weight excluding hydrogens is 488 g/mol. The predicted octanol–water partition coefficient (Wildman–Crippen LogP) is 1.38. The second kappa shape index (κ2) is 10.8. The van der Waals surface area contributed by atoms with Crippen molar-refractivity contribution in [2.45, 2.75) is 37.6 Å². The summed E-state index contributed by atoms with van der Waals surface area (Å²) < 4.78 is 34.2. The molecule has 1 unspecified atom stereocenters. The molecule has 0 saturated carbocycles. The van der Waals surface area contributed by atoms with Gasteiger partial charge in [-0.2, -0.15) is 9.41 Å². The first-order valence-corrected chi connectivity index (χ1v) is 13.8. The zero-order chi connectivity index (χ0) is 25.2. The van der Waals surface area contributed by atoms with Gasteiger partial charge in [-0.1, -0.05) is 25.6 Å². The summed E-state index contributed by atoms with van der Waals surface area (Å²) in [4.78, 5) is 12.0. The Labute approximate surface area is 212 Å². The summed E-state index contributed by atoms with van der Waals surface area (Å²) in [5.74, 6) is 0.845. The van der Waals surface area contributed by atoms with Gasteiger partial charge in [-0.05, 0) is 31.5 Å². The van der Waals surface area contributed by atoms with Gasteiger partial charge < -0.3 is 9.84 Å². The number of aliphatic imine (C=N–C) groups is 2. The van der Waals surface area contributed by atoms with Gasteiger partial charge in [0.1, 0.15) is 16.8 Å². The lowest BCUT2D eigenvalue weighted by Crippen LogP contribution is -2.49. The Hall–Kier alpha value is -2.25. The van der Waals surface area contributed by atoms with E-state index in [0.717, 1.165) is 24.3 Å². The van der Waals surface area contributed by atoms with Crippen molar-refractivity contribution in [1.82, 2.24) is 14.2 Å². The van der Waals surface area contributed by atoms with Crippen LogP contribution in [-0.2, 0) is 10.0 Å². The Morgan fingerprint density at radius 1 is 1.17 bits per heavy atom. The number of piperazine rings is 1. The van der Waals surface area contributed by atoms with Gasteiger partial charge in [0, 0.05) is 39.8 Å². The maximum Gasteiger partial charge on any atom is 0.243 e. The van der Waals surface area contributed by atoms with Gasteiger partial charge in [0.2, 0.25) is 10.0 Å². The number of aliphatic hydroxyl groups is 1. The molecule has 190 valence electrons. The van der Waals surface area contributed by atoms with Crippen molar-refractivity contribution in [3.05, 3.63) is 23.8 Å². The van der Waals surface area contributed by atoms with Crippen LogP contribution in [0.15, 0.2) is 38.2 Å². The SMILES string of the molecule is CCCC1=NN(C)C2C(=S)N=C(c3cc(S(=O)(=O)N4CCN(CCO)CC4)ccc3OCC)N=C12. The minimum Gasteiger partial charge on any atom is -0.493 e. The molecule has 1 N–H and O–H groups in total. The van der Waals surface area contributed by atoms with E-state index in [9.17, 15) is 8.42 Å². The number of hydrogen-bond donors (Lipinski definition) is 1. The Kier molecular flexibility index (Phi) is 7.96. The van der Waals surface area contributed by atoms with Crippen LogP contribution in [-0.4, -0.2) is 109 Å². The second-order valence-corrected chi connectivity index (χ2v) is 11.0. The Morgan fingerprint density at radius 2 is 1.91 bits per heavy atom. The molecule has 3 heterocycles. The van der Waals surface area contributed by atoms with Crippen LogP contribution in [0.25, 0.3) is 0 Å². The number of fused-ring (bicyclic) bond motifs is 1. The summed E-state index contributed by atoms with van der Waals surface area (Å²) >= 11 is 5.61. The molecule has 1 atom stereocenters. The van der Waals surface area contributed by atoms with E-state index in [2.05, 4.69) is 17.0 Å². The van der Waals surface area contributed by atoms with Crippen molar-refractivity contribution in [3.63, 3.8) is 0 Å². The molecule has 4 rings (SSSR count). The minimum atomic E-state index is -3.73. The van der Waals surface area contributed by atoms with Crippen molar-refractivity contribution >= 4 is 44.5 Å². The van der Waals surface area contributed by atoms with Crippen LogP contribution in [0.2, 0.25) is 0 Å². The highest BCUT2D eigenvalue weighted by atomic mass is 32.2. The van der Waals surface area contributed by atoms with Crippen molar-refractivity contribution < 1.29 is 18.3 Å². The second-order valence-electron chi connectivity index (χ2n) is 8.60. The molecular formula is C23H32N6O4S2. The highest BCUT2D eigenvalue weighted by Crippen LogP contribution is 2.29. The number of benzene rings is 1. The molecule has 0 amide bonds. The summed E-state index contributed by atoms with van der Waals surface area (Å²) in [5, 5.41) is 15.5. The molecule has 1 fully saturated rings. The number of rotatable bonds is 9. The number of hydrazone groups is 1. The number of β-amino-alcohol motifs (C(OH)–C–C–N with tert-alkyl or cyclic N) is 1. The molecule has 0 aliphatic carbocycles. The number of hydrogen-bond acceptors (Lipinski definition) is 9. The van der Waals surface area contributed by atoms with E-state index < -0.39 is 10.0 Å². The van der Waals surface area contributed by atoms with Crippen LogP contribution in [0.3, 0.4) is 0 Å². The van der Waals surface area contributed by atoms with Gasteiger partial charge in [0.25, 0.3) is 0 Å². The first-order chi connectivity index (χ1) is 16.8. The number of nitrogens with zero attached hydrogens (tertiary/aromatic N) is 6. The highest BCUT2D eigenvalue weighted by Gasteiger charge is 2.38. The maximum atomic E-state index is 13.5. The average Bonchev–Trinajstić information content (AvgIpc) is 3.15. The number of thiocarbonyl (C=S) groups is 1. The molecule has 0 spiro atoms. The molecule has 12 heteroatoms. The quantitative estimate of drug-likeness (QED) is 0.490. The van der Waals surface area contributed by atoms with Crippen LogP contribution >= 0.6 is 12.2 Å². The topological polar surface area (TPSA) is 110 Å². The van der Waals surface area contributed by atoms with Gasteiger partial charge in [-0.25, -0.2) is 18.4 Å². The highest BCUT2D eigenvalue weighted by molar-refractivity contribution is 7.89. The summed E-state index contributed by atoms with van der Waals surface area (Å²) in [5.41, 5.74) is 2.13. The summed E-state index contributed by atoms with van der Waals surface area (Å²) in [7, 11) is -1.88. The smallest absolute Gasteiger partial charge is 0.243 e. The summed E-state index contributed by atoms with van der Waals surface area (Å²) in [6, 6.07) is 4.53. The van der Waals surface area contributed by atoms with E-state index >= 15 is 0 Å². The lowest BCUT2D eigenvalue weighted by atomic mass is 10.0. The molecule has 1 aromatic rings. The average molecular weight is 521 g/mol. The molecule has 3 aliphatic heterocycles. The summed E-state index contributed by atoms with van der Waals surface area (Å²) in [6.45, 7) is 6.84. The Bertz CT molecular complexity index is 1170. The normalized spacial score (nSPS) is 21.5. The van der Waals surface area contributed by atoms with Gasteiger partial charge in [0.05, 0.1) is 35.1 Å². The van der Waals surface area contributed by atoms with Crippen LogP contribution in [0, 0.1) is 0 Å². The molecule has 1 aromatic carbocycles. The lowest BCUT2D eigenvalue weighted by Gasteiger charge is -2.33. The van der Waals surface area contributed by atoms with Crippen LogP contribution < -0.4 is 4.74 Å². The minimum absolute atomic E-state index is 0.0583. The van der Waals surface area contributed by atoms with Gasteiger partial charge >= 0.3 is 0 Å². The van der Waals surface area contributed by atoms with E-state index in [0.29, 0.717) is 61.5 Å². The third-order valence-electron chi connectivity index (χ3n) is 6.25. The van der Waals surface area contributed by atoms with Gasteiger partial charge in [-0.3, -0.25) is 9.91 Å².